The Morgan fingerprint density at radius 1 is 0.886 bits per heavy atom. The van der Waals surface area contributed by atoms with Gasteiger partial charge in [0.1, 0.15) is 12.2 Å². The van der Waals surface area contributed by atoms with Gasteiger partial charge in [-0.3, -0.25) is 14.4 Å². The summed E-state index contributed by atoms with van der Waals surface area (Å²) >= 11 is 0. The van der Waals surface area contributed by atoms with Crippen LogP contribution in [-0.4, -0.2) is 54.2 Å². The van der Waals surface area contributed by atoms with Gasteiger partial charge in [0, 0.05) is 11.8 Å². The Balaban J connectivity index is 1.64. The smallest absolute Gasteiger partial charge is 0.447 e. The van der Waals surface area contributed by atoms with Crippen molar-refractivity contribution < 1.29 is 68.1 Å². The third-order valence-corrected chi connectivity index (χ3v) is 7.12. The van der Waals surface area contributed by atoms with Crippen molar-refractivity contribution in [2.45, 2.75) is 62.0 Å². The van der Waals surface area contributed by atoms with Crippen LogP contribution in [0.15, 0.2) is 12.2 Å². The second kappa shape index (κ2) is 8.02. The second-order valence-corrected chi connectivity index (χ2v) is 8.99. The van der Waals surface area contributed by atoms with E-state index in [0.717, 1.165) is 0 Å². The van der Waals surface area contributed by atoms with E-state index in [9.17, 15) is 53.9 Å². The quantitative estimate of drug-likeness (QED) is 0.239. The zero-order valence-electron chi connectivity index (χ0n) is 17.4. The fourth-order valence-electron chi connectivity index (χ4n) is 5.58. The van der Waals surface area contributed by atoms with E-state index in [1.54, 1.807) is 6.08 Å². The van der Waals surface area contributed by atoms with Crippen molar-refractivity contribution in [3.63, 3.8) is 0 Å². The van der Waals surface area contributed by atoms with Crippen LogP contribution in [0.2, 0.25) is 0 Å². The molecule has 196 valence electrons. The van der Waals surface area contributed by atoms with Gasteiger partial charge in [0.05, 0.1) is 17.8 Å². The maximum absolute atomic E-state index is 13.2. The highest BCUT2D eigenvalue weighted by atomic mass is 19.4. The van der Waals surface area contributed by atoms with E-state index in [1.165, 1.54) is 0 Å². The average Bonchev–Trinajstić information content (AvgIpc) is 3.33. The van der Waals surface area contributed by atoms with Gasteiger partial charge in [0.15, 0.2) is 0 Å². The van der Waals surface area contributed by atoms with Crippen molar-refractivity contribution in [3.05, 3.63) is 12.2 Å². The molecule has 1 saturated heterocycles. The average molecular weight is 524 g/mol. The van der Waals surface area contributed by atoms with Gasteiger partial charge >= 0.3 is 42.0 Å². The number of rotatable bonds is 4. The molecule has 0 aromatic heterocycles. The van der Waals surface area contributed by atoms with Crippen LogP contribution >= 0.6 is 0 Å². The van der Waals surface area contributed by atoms with E-state index < -0.39 is 83.8 Å². The first-order valence-corrected chi connectivity index (χ1v) is 10.5. The van der Waals surface area contributed by atoms with Gasteiger partial charge in [-0.1, -0.05) is 12.2 Å². The number of alkyl halides is 9. The molecule has 2 bridgehead atoms. The van der Waals surface area contributed by atoms with E-state index in [2.05, 4.69) is 4.74 Å². The number of carbonyl (C=O) groups excluding carboxylic acids is 3. The Labute approximate surface area is 190 Å². The molecule has 0 spiro atoms. The number of fused-ring (bicyclic) bond motifs is 1. The van der Waals surface area contributed by atoms with E-state index in [1.807, 2.05) is 6.08 Å². The number of hydrogen-bond acceptors (Lipinski definition) is 6. The first-order valence-electron chi connectivity index (χ1n) is 10.5. The lowest BCUT2D eigenvalue weighted by Gasteiger charge is -2.39. The summed E-state index contributed by atoms with van der Waals surface area (Å²) in [6.07, 6.45) is -19.3. The molecule has 2 saturated carbocycles. The lowest BCUT2D eigenvalue weighted by molar-refractivity contribution is -0.447. The van der Waals surface area contributed by atoms with Crippen LogP contribution < -0.4 is 0 Å². The predicted molar refractivity (Wildman–Crippen MR) is 91.8 cm³/mol. The highest BCUT2D eigenvalue weighted by molar-refractivity contribution is 5.86. The van der Waals surface area contributed by atoms with E-state index >= 15 is 0 Å². The van der Waals surface area contributed by atoms with Gasteiger partial charge in [0.2, 0.25) is 0 Å². The number of allylic oxidation sites excluding steroid dienone is 2. The monoisotopic (exact) mass is 524 g/mol. The Morgan fingerprint density at radius 3 is 2.00 bits per heavy atom. The van der Waals surface area contributed by atoms with Crippen LogP contribution in [0.25, 0.3) is 0 Å². The summed E-state index contributed by atoms with van der Waals surface area (Å²) < 4.78 is 133. The van der Waals surface area contributed by atoms with Gasteiger partial charge in [0.25, 0.3) is 0 Å². The van der Waals surface area contributed by atoms with Crippen LogP contribution in [-0.2, 0) is 28.6 Å². The molecule has 3 aliphatic carbocycles. The number of esters is 3. The fraction of sp³-hybridized carbons (Fsp3) is 0.750. The molecule has 0 radical (unpaired) electrons. The van der Waals surface area contributed by atoms with Crippen molar-refractivity contribution in [1.82, 2.24) is 0 Å². The minimum absolute atomic E-state index is 0.194. The molecule has 6 nitrogen and oxygen atoms in total. The summed E-state index contributed by atoms with van der Waals surface area (Å²) in [6, 6.07) is 0. The molecule has 1 heterocycles. The SMILES string of the molecule is O=C(OC1C2CC3C1OC(=O)C3C2C(=O)OC(C(F)(F)F)(C(F)(F)F)C(F)(F)F)C1CC=CCC1. The Bertz CT molecular complexity index is 901. The van der Waals surface area contributed by atoms with Gasteiger partial charge in [-0.25, -0.2) is 0 Å². The molecule has 35 heavy (non-hydrogen) atoms. The molecule has 7 unspecified atom stereocenters. The van der Waals surface area contributed by atoms with E-state index in [0.29, 0.717) is 19.3 Å². The standard InChI is InChI=1S/C20H17F9O6/c21-18(22,23)17(19(24,25)26,20(27,28)29)35-16(32)11-9-6-8-10(11)15(31)34-13(8)12(9)33-14(30)7-4-2-1-3-5-7/h1-2,7-13H,3-6H2. The summed E-state index contributed by atoms with van der Waals surface area (Å²) in [4.78, 5) is 37.4. The first-order chi connectivity index (χ1) is 16.0. The molecule has 0 aromatic rings. The normalized spacial score (nSPS) is 34.7. The molecular formula is C20H17F9O6. The molecule has 0 N–H and O–H groups in total. The Kier molecular flexibility index (Phi) is 5.86. The molecule has 0 amide bonds. The van der Waals surface area contributed by atoms with Crippen LogP contribution in [0.5, 0.6) is 0 Å². The van der Waals surface area contributed by atoms with Gasteiger partial charge in [-0.2, -0.15) is 39.5 Å². The number of ether oxygens (including phenoxy) is 3. The Morgan fingerprint density at radius 2 is 1.49 bits per heavy atom. The maximum atomic E-state index is 13.2. The van der Waals surface area contributed by atoms with Crippen molar-refractivity contribution in [1.29, 1.82) is 0 Å². The van der Waals surface area contributed by atoms with Crippen molar-refractivity contribution in [2.75, 3.05) is 0 Å². The Hall–Kier alpha value is -2.48. The van der Waals surface area contributed by atoms with Crippen molar-refractivity contribution >= 4 is 17.9 Å². The third kappa shape index (κ3) is 3.76. The van der Waals surface area contributed by atoms with E-state index in [4.69, 9.17) is 9.47 Å². The lowest BCUT2D eigenvalue weighted by Crippen LogP contribution is -2.69. The molecule has 0 aromatic carbocycles. The summed E-state index contributed by atoms with van der Waals surface area (Å²) in [5.41, 5.74) is -6.81. The van der Waals surface area contributed by atoms with Crippen molar-refractivity contribution in [2.24, 2.45) is 29.6 Å². The molecule has 4 aliphatic rings. The zero-order chi connectivity index (χ0) is 26.1. The van der Waals surface area contributed by atoms with Gasteiger partial charge < -0.3 is 14.2 Å². The van der Waals surface area contributed by atoms with Gasteiger partial charge in [-0.05, 0) is 25.7 Å². The number of carbonyl (C=O) groups is 3. The second-order valence-electron chi connectivity index (χ2n) is 8.99. The highest BCUT2D eigenvalue weighted by Crippen LogP contribution is 2.61. The molecule has 1 aliphatic heterocycles. The van der Waals surface area contributed by atoms with Crippen LogP contribution in [0.1, 0.15) is 25.7 Å². The van der Waals surface area contributed by atoms with Crippen LogP contribution in [0, 0.1) is 29.6 Å². The maximum Gasteiger partial charge on any atom is 0.447 e. The summed E-state index contributed by atoms with van der Waals surface area (Å²) in [5.74, 6) is -11.2. The first kappa shape index (κ1) is 25.6. The lowest BCUT2D eigenvalue weighted by atomic mass is 9.78. The number of halogens is 9. The summed E-state index contributed by atoms with van der Waals surface area (Å²) in [7, 11) is 0. The number of hydrogen-bond donors (Lipinski definition) is 0. The minimum atomic E-state index is -7.12. The molecular weight excluding hydrogens is 507 g/mol. The van der Waals surface area contributed by atoms with Crippen LogP contribution in [0.3, 0.4) is 0 Å². The zero-order valence-corrected chi connectivity index (χ0v) is 17.4. The topological polar surface area (TPSA) is 78.9 Å². The largest absolute Gasteiger partial charge is 0.458 e. The van der Waals surface area contributed by atoms with Crippen LogP contribution in [0.4, 0.5) is 39.5 Å². The molecule has 7 atom stereocenters. The van der Waals surface area contributed by atoms with Crippen molar-refractivity contribution in [3.8, 4) is 0 Å². The third-order valence-electron chi connectivity index (χ3n) is 7.12. The van der Waals surface area contributed by atoms with Gasteiger partial charge in [-0.15, -0.1) is 0 Å². The molecule has 15 heteroatoms. The minimum Gasteiger partial charge on any atom is -0.458 e. The van der Waals surface area contributed by atoms with E-state index in [-0.39, 0.29) is 6.42 Å². The summed E-state index contributed by atoms with van der Waals surface area (Å²) in [5, 5.41) is 0. The molecule has 3 fully saturated rings. The fourth-order valence-corrected chi connectivity index (χ4v) is 5.58. The highest BCUT2D eigenvalue weighted by Gasteiger charge is 2.88. The molecule has 4 rings (SSSR count). The predicted octanol–water partition coefficient (Wildman–Crippen LogP) is 4.03. The summed E-state index contributed by atoms with van der Waals surface area (Å²) in [6.45, 7) is 0.